The van der Waals surface area contributed by atoms with Gasteiger partial charge in [0.15, 0.2) is 0 Å². The van der Waals surface area contributed by atoms with E-state index in [0.717, 1.165) is 23.6 Å². The molecule has 0 fully saturated rings. The molecule has 4 rings (SSSR count). The Hall–Kier alpha value is -3.39. The van der Waals surface area contributed by atoms with Gasteiger partial charge in [-0.3, -0.25) is 4.72 Å². The molecule has 0 saturated carbocycles. The monoisotopic (exact) mass is 476 g/mol. The van der Waals surface area contributed by atoms with Gasteiger partial charge in [-0.1, -0.05) is 72.8 Å². The van der Waals surface area contributed by atoms with Crippen molar-refractivity contribution in [3.05, 3.63) is 108 Å². The van der Waals surface area contributed by atoms with Crippen LogP contribution in [0.3, 0.4) is 0 Å². The van der Waals surface area contributed by atoms with Gasteiger partial charge in [0.25, 0.3) is 0 Å². The number of hydrogen-bond donors (Lipinski definition) is 4. The number of aromatic hydroxyl groups is 1. The molecule has 4 aromatic rings. The first-order valence-corrected chi connectivity index (χ1v) is 12.9. The lowest BCUT2D eigenvalue weighted by Crippen LogP contribution is -2.28. The van der Waals surface area contributed by atoms with Crippen molar-refractivity contribution in [1.82, 2.24) is 5.32 Å². The van der Waals surface area contributed by atoms with E-state index in [-0.39, 0.29) is 24.0 Å². The molecule has 0 spiro atoms. The number of nitrogens with one attached hydrogen (secondary N) is 2. The highest BCUT2D eigenvalue weighted by Crippen LogP contribution is 2.29. The van der Waals surface area contributed by atoms with E-state index in [4.69, 9.17) is 0 Å². The summed E-state index contributed by atoms with van der Waals surface area (Å²) in [4.78, 5) is 0. The maximum absolute atomic E-state index is 11.6. The second kappa shape index (κ2) is 10.3. The molecular formula is C27H28N2O4S. The Bertz CT molecular complexity index is 1370. The molecule has 4 aromatic carbocycles. The number of phenolic OH excluding ortho intramolecular Hbond substituents is 1. The molecule has 7 heteroatoms. The van der Waals surface area contributed by atoms with E-state index in [1.807, 2.05) is 30.3 Å². The van der Waals surface area contributed by atoms with Gasteiger partial charge in [0.2, 0.25) is 10.0 Å². The van der Waals surface area contributed by atoms with Gasteiger partial charge in [-0.05, 0) is 52.1 Å². The zero-order valence-electron chi connectivity index (χ0n) is 18.8. The molecule has 0 radical (unpaired) electrons. The Labute approximate surface area is 200 Å². The van der Waals surface area contributed by atoms with Crippen LogP contribution in [-0.4, -0.2) is 31.4 Å². The van der Waals surface area contributed by atoms with Crippen molar-refractivity contribution in [2.45, 2.75) is 18.6 Å². The van der Waals surface area contributed by atoms with Crippen LogP contribution >= 0.6 is 0 Å². The Morgan fingerprint density at radius 3 is 2.24 bits per heavy atom. The average Bonchev–Trinajstić information content (AvgIpc) is 2.82. The van der Waals surface area contributed by atoms with E-state index in [9.17, 15) is 18.6 Å². The molecule has 4 N–H and O–H groups in total. The van der Waals surface area contributed by atoms with E-state index in [1.165, 1.54) is 23.1 Å². The van der Waals surface area contributed by atoms with E-state index < -0.39 is 16.1 Å². The van der Waals surface area contributed by atoms with Crippen LogP contribution in [0.1, 0.15) is 28.8 Å². The first-order valence-electron chi connectivity index (χ1n) is 11.0. The average molecular weight is 477 g/mol. The highest BCUT2D eigenvalue weighted by molar-refractivity contribution is 7.92. The fourth-order valence-corrected chi connectivity index (χ4v) is 4.56. The summed E-state index contributed by atoms with van der Waals surface area (Å²) < 4.78 is 25.4. The zero-order chi connectivity index (χ0) is 24.1. The summed E-state index contributed by atoms with van der Waals surface area (Å²) in [5, 5.41) is 26.6. The second-order valence-corrected chi connectivity index (χ2v) is 10.2. The lowest BCUT2D eigenvalue weighted by Gasteiger charge is -2.22. The van der Waals surface area contributed by atoms with E-state index in [1.54, 1.807) is 6.07 Å². The standard InChI is InChI=1S/C27H28N2O4S/c1-34(32,33)29-25-17-23(13-14-26(25)30)27(31)18-28-24(15-19-7-3-2-4-8-19)22-12-11-20-9-5-6-10-21(20)16-22/h2-14,16-17,24,27-31H,15,18H2,1H3/t24?,27-/m1/s1. The highest BCUT2D eigenvalue weighted by Gasteiger charge is 2.17. The maximum Gasteiger partial charge on any atom is 0.229 e. The Kier molecular flexibility index (Phi) is 7.17. The molecule has 0 aliphatic rings. The number of fused-ring (bicyclic) bond motifs is 1. The molecule has 6 nitrogen and oxygen atoms in total. The molecule has 176 valence electrons. The molecule has 0 bridgehead atoms. The minimum absolute atomic E-state index is 0.0365. The summed E-state index contributed by atoms with van der Waals surface area (Å²) in [6.45, 7) is 0.243. The summed E-state index contributed by atoms with van der Waals surface area (Å²) in [5.74, 6) is -0.201. The fraction of sp³-hybridized carbons (Fsp3) is 0.185. The summed E-state index contributed by atoms with van der Waals surface area (Å²) in [6, 6.07) is 29.1. The van der Waals surface area contributed by atoms with E-state index >= 15 is 0 Å². The number of rotatable bonds is 9. The van der Waals surface area contributed by atoms with Gasteiger partial charge in [-0.2, -0.15) is 0 Å². The molecule has 2 atom stereocenters. The minimum atomic E-state index is -3.56. The smallest absolute Gasteiger partial charge is 0.229 e. The van der Waals surface area contributed by atoms with Gasteiger partial charge in [0.05, 0.1) is 18.0 Å². The molecule has 0 aliphatic carbocycles. The van der Waals surface area contributed by atoms with Gasteiger partial charge in [0, 0.05) is 12.6 Å². The third kappa shape index (κ3) is 6.14. The van der Waals surface area contributed by atoms with Crippen molar-refractivity contribution < 1.29 is 18.6 Å². The third-order valence-electron chi connectivity index (χ3n) is 5.72. The molecule has 0 saturated heterocycles. The summed E-state index contributed by atoms with van der Waals surface area (Å²) in [6.07, 6.45) is 0.844. The molecule has 0 aliphatic heterocycles. The SMILES string of the molecule is CS(=O)(=O)Nc1cc([C@H](O)CNC(Cc2ccccc2)c2ccc3ccccc3c2)ccc1O. The summed E-state index contributed by atoms with van der Waals surface area (Å²) in [7, 11) is -3.56. The number of aliphatic hydroxyl groups is 1. The van der Waals surface area contributed by atoms with Crippen molar-refractivity contribution in [2.24, 2.45) is 0 Å². The molecule has 0 aromatic heterocycles. The number of aliphatic hydroxyl groups excluding tert-OH is 1. The second-order valence-electron chi connectivity index (χ2n) is 8.42. The normalized spacial score (nSPS) is 13.5. The van der Waals surface area contributed by atoms with Crippen LogP contribution in [0.15, 0.2) is 91.0 Å². The van der Waals surface area contributed by atoms with Crippen LogP contribution in [-0.2, 0) is 16.4 Å². The van der Waals surface area contributed by atoms with Gasteiger partial charge in [0.1, 0.15) is 5.75 Å². The maximum atomic E-state index is 11.6. The lowest BCUT2D eigenvalue weighted by molar-refractivity contribution is 0.169. The fourth-order valence-electron chi connectivity index (χ4n) is 4.00. The van der Waals surface area contributed by atoms with Crippen LogP contribution < -0.4 is 10.0 Å². The summed E-state index contributed by atoms with van der Waals surface area (Å²) in [5.41, 5.74) is 2.81. The molecule has 0 amide bonds. The number of anilines is 1. The predicted octanol–water partition coefficient (Wildman–Crippen LogP) is 4.52. The van der Waals surface area contributed by atoms with Crippen LogP contribution in [0.2, 0.25) is 0 Å². The van der Waals surface area contributed by atoms with E-state index in [2.05, 4.69) is 52.5 Å². The Morgan fingerprint density at radius 2 is 1.50 bits per heavy atom. The van der Waals surface area contributed by atoms with Crippen LogP contribution in [0.25, 0.3) is 10.8 Å². The van der Waals surface area contributed by atoms with Crippen LogP contribution in [0.5, 0.6) is 5.75 Å². The van der Waals surface area contributed by atoms with Crippen molar-refractivity contribution in [3.8, 4) is 5.75 Å². The minimum Gasteiger partial charge on any atom is -0.506 e. The van der Waals surface area contributed by atoms with Gasteiger partial charge >= 0.3 is 0 Å². The molecule has 1 unspecified atom stereocenters. The van der Waals surface area contributed by atoms with Crippen LogP contribution in [0.4, 0.5) is 5.69 Å². The zero-order valence-corrected chi connectivity index (χ0v) is 19.7. The Morgan fingerprint density at radius 1 is 0.824 bits per heavy atom. The predicted molar refractivity (Wildman–Crippen MR) is 136 cm³/mol. The molecule has 0 heterocycles. The summed E-state index contributed by atoms with van der Waals surface area (Å²) >= 11 is 0. The first-order chi connectivity index (χ1) is 16.3. The topological polar surface area (TPSA) is 98.7 Å². The lowest BCUT2D eigenvalue weighted by atomic mass is 9.96. The van der Waals surface area contributed by atoms with Gasteiger partial charge in [-0.15, -0.1) is 0 Å². The molecular weight excluding hydrogens is 448 g/mol. The first kappa shape index (κ1) is 23.8. The van der Waals surface area contributed by atoms with Crippen molar-refractivity contribution in [3.63, 3.8) is 0 Å². The quantitative estimate of drug-likeness (QED) is 0.266. The third-order valence-corrected chi connectivity index (χ3v) is 6.31. The highest BCUT2D eigenvalue weighted by atomic mass is 32.2. The Balaban J connectivity index is 1.56. The number of benzene rings is 4. The number of hydrogen-bond acceptors (Lipinski definition) is 5. The largest absolute Gasteiger partial charge is 0.506 e. The number of sulfonamides is 1. The van der Waals surface area contributed by atoms with Gasteiger partial charge < -0.3 is 15.5 Å². The van der Waals surface area contributed by atoms with Crippen molar-refractivity contribution in [2.75, 3.05) is 17.5 Å². The number of phenols is 1. The van der Waals surface area contributed by atoms with Crippen LogP contribution in [0, 0.1) is 0 Å². The van der Waals surface area contributed by atoms with Gasteiger partial charge in [-0.25, -0.2) is 8.42 Å². The van der Waals surface area contributed by atoms with Crippen molar-refractivity contribution in [1.29, 1.82) is 0 Å². The van der Waals surface area contributed by atoms with E-state index in [0.29, 0.717) is 5.56 Å². The molecule has 34 heavy (non-hydrogen) atoms. The van der Waals surface area contributed by atoms with Crippen molar-refractivity contribution >= 4 is 26.5 Å².